The van der Waals surface area contributed by atoms with Crippen LogP contribution in [0.25, 0.3) is 0 Å². The molecular formula is C21H42. The van der Waals surface area contributed by atoms with Gasteiger partial charge in [-0.05, 0) is 40.9 Å². The van der Waals surface area contributed by atoms with Gasteiger partial charge in [0.05, 0.1) is 0 Å². The molecule has 0 aromatic carbocycles. The summed E-state index contributed by atoms with van der Waals surface area (Å²) in [5, 5.41) is 0. The molecule has 0 aromatic heterocycles. The van der Waals surface area contributed by atoms with E-state index in [1.807, 2.05) is 0 Å². The van der Waals surface area contributed by atoms with E-state index in [1.54, 1.807) is 0 Å². The zero-order valence-corrected chi connectivity index (χ0v) is 16.2. The first-order valence-electron chi connectivity index (χ1n) is 9.87. The van der Waals surface area contributed by atoms with Crippen molar-refractivity contribution in [3.8, 4) is 0 Å². The molecule has 0 nitrogen and oxygen atoms in total. The number of hydrogen-bond donors (Lipinski definition) is 0. The lowest BCUT2D eigenvalue weighted by molar-refractivity contribution is 0.0904. The molecule has 0 radical (unpaired) electrons. The van der Waals surface area contributed by atoms with Crippen LogP contribution in [-0.4, -0.2) is 0 Å². The minimum absolute atomic E-state index is 0.531. The molecule has 0 aromatic rings. The lowest BCUT2D eigenvalue weighted by Gasteiger charge is -2.40. The third-order valence-corrected chi connectivity index (χ3v) is 7.58. The summed E-state index contributed by atoms with van der Waals surface area (Å²) in [5.74, 6) is 5.74. The quantitative estimate of drug-likeness (QED) is 0.400. The minimum Gasteiger partial charge on any atom is -0.0654 e. The van der Waals surface area contributed by atoms with Crippen LogP contribution < -0.4 is 0 Å². The molecule has 1 rings (SSSR count). The third kappa shape index (κ3) is 4.05. The molecule has 0 saturated heterocycles. The number of rotatable bonds is 10. The smallest absolute Gasteiger partial charge is 0.0303 e. The average molecular weight is 295 g/mol. The van der Waals surface area contributed by atoms with Crippen molar-refractivity contribution >= 4 is 0 Å². The second-order valence-electron chi connectivity index (χ2n) is 8.35. The molecule has 126 valence electrons. The molecule has 1 fully saturated rings. The SMILES string of the molecule is CCCC1C(CCC)C1C(C)C(C)C(C)C(C)(CC)CC. The zero-order chi connectivity index (χ0) is 16.2. The van der Waals surface area contributed by atoms with Gasteiger partial charge in [-0.15, -0.1) is 0 Å². The first-order valence-corrected chi connectivity index (χ1v) is 9.87. The van der Waals surface area contributed by atoms with E-state index in [1.165, 1.54) is 38.5 Å². The monoisotopic (exact) mass is 294 g/mol. The van der Waals surface area contributed by atoms with E-state index in [0.29, 0.717) is 5.41 Å². The van der Waals surface area contributed by atoms with Gasteiger partial charge in [-0.25, -0.2) is 0 Å². The topological polar surface area (TPSA) is 0 Å². The highest BCUT2D eigenvalue weighted by Crippen LogP contribution is 2.59. The summed E-state index contributed by atoms with van der Waals surface area (Å²) < 4.78 is 0. The Hall–Kier alpha value is 0. The molecule has 5 unspecified atom stereocenters. The molecule has 0 spiro atoms. The number of hydrogen-bond acceptors (Lipinski definition) is 0. The van der Waals surface area contributed by atoms with Crippen molar-refractivity contribution in [2.24, 2.45) is 40.9 Å². The van der Waals surface area contributed by atoms with Crippen LogP contribution in [0.5, 0.6) is 0 Å². The average Bonchev–Trinajstić information content (AvgIpc) is 3.17. The molecular weight excluding hydrogens is 252 g/mol. The van der Waals surface area contributed by atoms with Gasteiger partial charge in [0.25, 0.3) is 0 Å². The Kier molecular flexibility index (Phi) is 7.28. The van der Waals surface area contributed by atoms with Crippen molar-refractivity contribution in [3.63, 3.8) is 0 Å². The summed E-state index contributed by atoms with van der Waals surface area (Å²) in [6, 6.07) is 0. The molecule has 0 heteroatoms. The van der Waals surface area contributed by atoms with E-state index in [0.717, 1.165) is 35.5 Å². The Labute approximate surface area is 135 Å². The summed E-state index contributed by atoms with van der Waals surface area (Å²) in [5.41, 5.74) is 0.531. The van der Waals surface area contributed by atoms with Crippen LogP contribution in [0.3, 0.4) is 0 Å². The maximum Gasteiger partial charge on any atom is -0.0303 e. The fourth-order valence-electron chi connectivity index (χ4n) is 5.07. The predicted molar refractivity (Wildman–Crippen MR) is 96.5 cm³/mol. The predicted octanol–water partition coefficient (Wildman–Crippen LogP) is 7.18. The van der Waals surface area contributed by atoms with E-state index in [4.69, 9.17) is 0 Å². The Morgan fingerprint density at radius 3 is 1.57 bits per heavy atom. The van der Waals surface area contributed by atoms with Crippen molar-refractivity contribution in [1.82, 2.24) is 0 Å². The lowest BCUT2D eigenvalue weighted by Crippen LogP contribution is -2.32. The Morgan fingerprint density at radius 1 is 0.810 bits per heavy atom. The molecule has 1 aliphatic rings. The van der Waals surface area contributed by atoms with Crippen LogP contribution in [0.2, 0.25) is 0 Å². The molecule has 1 aliphatic carbocycles. The molecule has 0 aliphatic heterocycles. The highest BCUT2D eigenvalue weighted by Gasteiger charge is 2.52. The van der Waals surface area contributed by atoms with Crippen LogP contribution in [-0.2, 0) is 0 Å². The van der Waals surface area contributed by atoms with E-state index < -0.39 is 0 Å². The van der Waals surface area contributed by atoms with Gasteiger partial charge in [0.1, 0.15) is 0 Å². The first-order chi connectivity index (χ1) is 9.87. The molecule has 0 amide bonds. The Balaban J connectivity index is 2.71. The summed E-state index contributed by atoms with van der Waals surface area (Å²) in [7, 11) is 0. The van der Waals surface area contributed by atoms with Crippen LogP contribution in [0.4, 0.5) is 0 Å². The van der Waals surface area contributed by atoms with E-state index in [9.17, 15) is 0 Å². The van der Waals surface area contributed by atoms with Crippen molar-refractivity contribution in [1.29, 1.82) is 0 Å². The van der Waals surface area contributed by atoms with Crippen molar-refractivity contribution in [3.05, 3.63) is 0 Å². The molecule has 1 saturated carbocycles. The van der Waals surface area contributed by atoms with Crippen LogP contribution >= 0.6 is 0 Å². The van der Waals surface area contributed by atoms with Crippen LogP contribution in [0.1, 0.15) is 93.9 Å². The van der Waals surface area contributed by atoms with Crippen molar-refractivity contribution in [2.45, 2.75) is 93.9 Å². The van der Waals surface area contributed by atoms with Gasteiger partial charge >= 0.3 is 0 Å². The summed E-state index contributed by atoms with van der Waals surface area (Å²) in [4.78, 5) is 0. The lowest BCUT2D eigenvalue weighted by atomic mass is 9.65. The summed E-state index contributed by atoms with van der Waals surface area (Å²) in [6.45, 7) is 19.6. The second kappa shape index (κ2) is 8.02. The summed E-state index contributed by atoms with van der Waals surface area (Å²) in [6.07, 6.45) is 8.34. The first kappa shape index (κ1) is 19.0. The zero-order valence-electron chi connectivity index (χ0n) is 16.2. The van der Waals surface area contributed by atoms with Gasteiger partial charge in [0.15, 0.2) is 0 Å². The molecule has 0 heterocycles. The fraction of sp³-hybridized carbons (Fsp3) is 1.00. The van der Waals surface area contributed by atoms with Gasteiger partial charge in [0, 0.05) is 0 Å². The molecule has 5 atom stereocenters. The third-order valence-electron chi connectivity index (χ3n) is 7.58. The van der Waals surface area contributed by atoms with Gasteiger partial charge < -0.3 is 0 Å². The Morgan fingerprint density at radius 2 is 1.24 bits per heavy atom. The van der Waals surface area contributed by atoms with Gasteiger partial charge in [0.2, 0.25) is 0 Å². The maximum atomic E-state index is 2.57. The molecule has 0 bridgehead atoms. The molecule has 0 N–H and O–H groups in total. The maximum absolute atomic E-state index is 2.57. The van der Waals surface area contributed by atoms with Crippen LogP contribution in [0.15, 0.2) is 0 Å². The van der Waals surface area contributed by atoms with Gasteiger partial charge in [-0.3, -0.25) is 0 Å². The van der Waals surface area contributed by atoms with E-state index in [-0.39, 0.29) is 0 Å². The highest BCUT2D eigenvalue weighted by molar-refractivity contribution is 5.01. The highest BCUT2D eigenvalue weighted by atomic mass is 14.6. The van der Waals surface area contributed by atoms with Gasteiger partial charge in [-0.1, -0.05) is 93.9 Å². The summed E-state index contributed by atoms with van der Waals surface area (Å²) >= 11 is 0. The van der Waals surface area contributed by atoms with Crippen LogP contribution in [0, 0.1) is 40.9 Å². The second-order valence-corrected chi connectivity index (χ2v) is 8.35. The van der Waals surface area contributed by atoms with Crippen molar-refractivity contribution in [2.75, 3.05) is 0 Å². The molecule has 21 heavy (non-hydrogen) atoms. The van der Waals surface area contributed by atoms with Gasteiger partial charge in [-0.2, -0.15) is 0 Å². The van der Waals surface area contributed by atoms with Crippen molar-refractivity contribution < 1.29 is 0 Å². The van der Waals surface area contributed by atoms with E-state index in [2.05, 4.69) is 55.4 Å². The fourth-order valence-corrected chi connectivity index (χ4v) is 5.07. The largest absolute Gasteiger partial charge is 0.0654 e. The Bertz CT molecular complexity index is 276. The minimum atomic E-state index is 0.531. The van der Waals surface area contributed by atoms with E-state index >= 15 is 0 Å². The normalized spacial score (nSPS) is 30.0. The standard InChI is InChI=1S/C21H42/c1-9-13-18-19(14-10-2)20(18)16(6)15(5)17(7)21(8,11-3)12-4/h15-20H,9-14H2,1-8H3.